The van der Waals surface area contributed by atoms with Crippen molar-refractivity contribution in [3.8, 4) is 0 Å². The second-order valence-electron chi connectivity index (χ2n) is 2.54. The van der Waals surface area contributed by atoms with Gasteiger partial charge in [-0.15, -0.1) is 11.3 Å². The molecule has 13 heavy (non-hydrogen) atoms. The SMILES string of the molecule is O=Cc1ccc(Cl)c2c(Br)csc12. The normalized spacial score (nSPS) is 10.6. The first-order valence-corrected chi connectivity index (χ1v) is 5.59. The Kier molecular flexibility index (Phi) is 2.41. The maximum absolute atomic E-state index is 10.7. The zero-order chi connectivity index (χ0) is 9.42. The minimum absolute atomic E-state index is 0.675. The van der Waals surface area contributed by atoms with Gasteiger partial charge in [-0.3, -0.25) is 4.79 Å². The highest BCUT2D eigenvalue weighted by Crippen LogP contribution is 2.36. The average molecular weight is 276 g/mol. The Morgan fingerprint density at radius 2 is 2.23 bits per heavy atom. The monoisotopic (exact) mass is 274 g/mol. The number of benzene rings is 1. The van der Waals surface area contributed by atoms with Crippen LogP contribution >= 0.6 is 38.9 Å². The smallest absolute Gasteiger partial charge is 0.151 e. The van der Waals surface area contributed by atoms with E-state index in [4.69, 9.17) is 11.6 Å². The van der Waals surface area contributed by atoms with E-state index in [-0.39, 0.29) is 0 Å². The number of carbonyl (C=O) groups excluding carboxylic acids is 1. The van der Waals surface area contributed by atoms with E-state index in [1.54, 1.807) is 12.1 Å². The Bertz CT molecular complexity index is 478. The van der Waals surface area contributed by atoms with Crippen LogP contribution in [0.4, 0.5) is 0 Å². The maximum atomic E-state index is 10.7. The predicted molar refractivity (Wildman–Crippen MR) is 59.9 cm³/mol. The first-order chi connectivity index (χ1) is 6.24. The molecule has 0 N–H and O–H groups in total. The summed E-state index contributed by atoms with van der Waals surface area (Å²) in [5.41, 5.74) is 0.690. The van der Waals surface area contributed by atoms with Crippen molar-refractivity contribution in [2.45, 2.75) is 0 Å². The zero-order valence-corrected chi connectivity index (χ0v) is 9.54. The molecule has 2 aromatic rings. The summed E-state index contributed by atoms with van der Waals surface area (Å²) in [5, 5.41) is 3.54. The molecule has 0 unspecified atom stereocenters. The van der Waals surface area contributed by atoms with Crippen molar-refractivity contribution in [1.82, 2.24) is 0 Å². The Balaban J connectivity index is 2.95. The number of hydrogen-bond donors (Lipinski definition) is 0. The van der Waals surface area contributed by atoms with Crippen molar-refractivity contribution < 1.29 is 4.79 Å². The van der Waals surface area contributed by atoms with Gasteiger partial charge >= 0.3 is 0 Å². The number of thiophene rings is 1. The molecule has 0 spiro atoms. The van der Waals surface area contributed by atoms with E-state index in [0.717, 1.165) is 20.8 Å². The summed E-state index contributed by atoms with van der Waals surface area (Å²) in [5.74, 6) is 0. The van der Waals surface area contributed by atoms with Gasteiger partial charge in [0.15, 0.2) is 6.29 Å². The standard InChI is InChI=1S/C9H4BrClOS/c10-6-4-13-9-5(3-12)1-2-7(11)8(6)9/h1-4H. The first kappa shape index (κ1) is 9.19. The van der Waals surface area contributed by atoms with E-state index >= 15 is 0 Å². The largest absolute Gasteiger partial charge is 0.298 e. The molecule has 1 heterocycles. The van der Waals surface area contributed by atoms with Crippen molar-refractivity contribution in [2.75, 3.05) is 0 Å². The van der Waals surface area contributed by atoms with Gasteiger partial charge in [0.05, 0.1) is 5.02 Å². The van der Waals surface area contributed by atoms with Crippen molar-refractivity contribution in [2.24, 2.45) is 0 Å². The molecule has 0 fully saturated rings. The van der Waals surface area contributed by atoms with E-state index in [0.29, 0.717) is 10.6 Å². The van der Waals surface area contributed by atoms with Crippen LogP contribution in [0.5, 0.6) is 0 Å². The molecular formula is C9H4BrClOS. The van der Waals surface area contributed by atoms with Crippen LogP contribution in [0.1, 0.15) is 10.4 Å². The lowest BCUT2D eigenvalue weighted by molar-refractivity contribution is 0.112. The molecule has 1 aromatic carbocycles. The summed E-state index contributed by atoms with van der Waals surface area (Å²) in [6.07, 6.45) is 0.849. The first-order valence-electron chi connectivity index (χ1n) is 3.54. The van der Waals surface area contributed by atoms with Crippen LogP contribution in [0.3, 0.4) is 0 Å². The van der Waals surface area contributed by atoms with Gasteiger partial charge in [-0.05, 0) is 28.1 Å². The van der Waals surface area contributed by atoms with Crippen LogP contribution in [-0.2, 0) is 0 Å². The summed E-state index contributed by atoms with van der Waals surface area (Å²) >= 11 is 10.9. The van der Waals surface area contributed by atoms with Gasteiger partial charge in [-0.1, -0.05) is 11.6 Å². The maximum Gasteiger partial charge on any atom is 0.151 e. The second kappa shape index (κ2) is 3.40. The van der Waals surface area contributed by atoms with Crippen LogP contribution in [-0.4, -0.2) is 6.29 Å². The van der Waals surface area contributed by atoms with Crippen LogP contribution < -0.4 is 0 Å². The molecule has 0 saturated heterocycles. The number of halogens is 2. The Labute approximate surface area is 92.5 Å². The lowest BCUT2D eigenvalue weighted by atomic mass is 10.2. The van der Waals surface area contributed by atoms with Gasteiger partial charge in [0.25, 0.3) is 0 Å². The second-order valence-corrected chi connectivity index (χ2v) is 4.68. The summed E-state index contributed by atoms with van der Waals surface area (Å²) in [6, 6.07) is 3.48. The topological polar surface area (TPSA) is 17.1 Å². The minimum atomic E-state index is 0.675. The molecule has 0 aliphatic rings. The Hall–Kier alpha value is -0.380. The van der Waals surface area contributed by atoms with Crippen molar-refractivity contribution >= 4 is 55.2 Å². The quantitative estimate of drug-likeness (QED) is 0.715. The fraction of sp³-hybridized carbons (Fsp3) is 0. The minimum Gasteiger partial charge on any atom is -0.298 e. The molecule has 4 heteroatoms. The molecular weight excluding hydrogens is 272 g/mol. The molecule has 0 bridgehead atoms. The number of hydrogen-bond acceptors (Lipinski definition) is 2. The van der Waals surface area contributed by atoms with Crippen molar-refractivity contribution in [3.63, 3.8) is 0 Å². The number of rotatable bonds is 1. The highest BCUT2D eigenvalue weighted by atomic mass is 79.9. The molecule has 1 aromatic heterocycles. The third-order valence-electron chi connectivity index (χ3n) is 1.78. The van der Waals surface area contributed by atoms with Gasteiger partial charge in [0.1, 0.15) is 0 Å². The van der Waals surface area contributed by atoms with Gasteiger partial charge < -0.3 is 0 Å². The molecule has 0 radical (unpaired) electrons. The summed E-state index contributed by atoms with van der Waals surface area (Å²) < 4.78 is 1.88. The van der Waals surface area contributed by atoms with E-state index in [2.05, 4.69) is 15.9 Å². The molecule has 0 aliphatic carbocycles. The molecule has 1 nitrogen and oxygen atoms in total. The van der Waals surface area contributed by atoms with Gasteiger partial charge in [-0.25, -0.2) is 0 Å². The van der Waals surface area contributed by atoms with E-state index in [1.807, 2.05) is 5.38 Å². The molecule has 2 rings (SSSR count). The van der Waals surface area contributed by atoms with Crippen LogP contribution in [0.15, 0.2) is 22.0 Å². The van der Waals surface area contributed by atoms with Gasteiger partial charge in [-0.2, -0.15) is 0 Å². The van der Waals surface area contributed by atoms with Gasteiger partial charge in [0.2, 0.25) is 0 Å². The van der Waals surface area contributed by atoms with Crippen LogP contribution in [0.25, 0.3) is 10.1 Å². The van der Waals surface area contributed by atoms with Gasteiger partial charge in [0, 0.05) is 25.5 Å². The van der Waals surface area contributed by atoms with Crippen molar-refractivity contribution in [3.05, 3.63) is 32.6 Å². The third kappa shape index (κ3) is 1.41. The van der Waals surface area contributed by atoms with E-state index in [9.17, 15) is 4.79 Å². The molecule has 0 saturated carbocycles. The van der Waals surface area contributed by atoms with Crippen LogP contribution in [0.2, 0.25) is 5.02 Å². The fourth-order valence-electron chi connectivity index (χ4n) is 1.19. The zero-order valence-electron chi connectivity index (χ0n) is 6.38. The highest BCUT2D eigenvalue weighted by molar-refractivity contribution is 9.10. The van der Waals surface area contributed by atoms with Crippen molar-refractivity contribution in [1.29, 1.82) is 0 Å². The van der Waals surface area contributed by atoms with E-state index < -0.39 is 0 Å². The summed E-state index contributed by atoms with van der Waals surface area (Å²) in [6.45, 7) is 0. The average Bonchev–Trinajstić information content (AvgIpc) is 2.50. The Morgan fingerprint density at radius 3 is 2.92 bits per heavy atom. The molecule has 0 aliphatic heterocycles. The van der Waals surface area contributed by atoms with E-state index in [1.165, 1.54) is 11.3 Å². The summed E-state index contributed by atoms with van der Waals surface area (Å²) in [4.78, 5) is 10.7. The highest BCUT2D eigenvalue weighted by Gasteiger charge is 2.09. The number of carbonyl (C=O) groups is 1. The lowest BCUT2D eigenvalue weighted by Crippen LogP contribution is -1.79. The predicted octanol–water partition coefficient (Wildman–Crippen LogP) is 4.13. The fourth-order valence-corrected chi connectivity index (χ4v) is 3.37. The lowest BCUT2D eigenvalue weighted by Gasteiger charge is -1.96. The third-order valence-corrected chi connectivity index (χ3v) is 4.06. The Morgan fingerprint density at radius 1 is 1.46 bits per heavy atom. The molecule has 66 valence electrons. The van der Waals surface area contributed by atoms with Crippen LogP contribution in [0, 0.1) is 0 Å². The molecule has 0 atom stereocenters. The number of fused-ring (bicyclic) bond motifs is 1. The number of aldehydes is 1. The molecule has 0 amide bonds. The summed E-state index contributed by atoms with van der Waals surface area (Å²) in [7, 11) is 0.